The number of nitrogens with zero attached hydrogens (tertiary/aromatic N) is 6. The molecule has 146 valence electrons. The lowest BCUT2D eigenvalue weighted by molar-refractivity contribution is 0.193. The largest absolute Gasteiger partial charge is 0.497 e. The predicted octanol–water partition coefficient (Wildman–Crippen LogP) is 2.73. The third kappa shape index (κ3) is 3.90. The summed E-state index contributed by atoms with van der Waals surface area (Å²) in [4.78, 5) is 4.53. The van der Waals surface area contributed by atoms with Crippen molar-refractivity contribution in [3.05, 3.63) is 59.1 Å². The minimum Gasteiger partial charge on any atom is -0.497 e. The molecule has 1 aliphatic rings. The number of rotatable bonds is 5. The fourth-order valence-electron chi connectivity index (χ4n) is 3.24. The maximum atomic E-state index is 13.1. The van der Waals surface area contributed by atoms with E-state index in [2.05, 4.69) is 20.2 Å². The molecule has 1 aliphatic heterocycles. The molecule has 9 heteroatoms. The van der Waals surface area contributed by atoms with Gasteiger partial charge in [0.1, 0.15) is 11.6 Å². The van der Waals surface area contributed by atoms with Gasteiger partial charge < -0.3 is 9.64 Å². The van der Waals surface area contributed by atoms with Gasteiger partial charge in [0.2, 0.25) is 4.77 Å². The van der Waals surface area contributed by atoms with Crippen LogP contribution in [0.3, 0.4) is 0 Å². The number of benzene rings is 2. The van der Waals surface area contributed by atoms with Crippen LogP contribution in [0.2, 0.25) is 0 Å². The van der Waals surface area contributed by atoms with Crippen LogP contribution in [0, 0.1) is 10.6 Å². The van der Waals surface area contributed by atoms with Gasteiger partial charge in [0.25, 0.3) is 0 Å². The Morgan fingerprint density at radius 1 is 0.929 bits per heavy atom. The maximum Gasteiger partial charge on any atom is 0.221 e. The van der Waals surface area contributed by atoms with Crippen molar-refractivity contribution in [3.63, 3.8) is 0 Å². The Morgan fingerprint density at radius 3 is 2.21 bits per heavy atom. The first-order chi connectivity index (χ1) is 13.6. The average molecular weight is 400 g/mol. The van der Waals surface area contributed by atoms with Crippen LogP contribution in [-0.2, 0) is 6.67 Å². The highest BCUT2D eigenvalue weighted by atomic mass is 32.1. The quantitative estimate of drug-likeness (QED) is 0.614. The zero-order chi connectivity index (χ0) is 19.5. The van der Waals surface area contributed by atoms with E-state index in [-0.39, 0.29) is 5.82 Å². The van der Waals surface area contributed by atoms with Crippen LogP contribution >= 0.6 is 12.2 Å². The topological polar surface area (TPSA) is 51.4 Å². The molecular weight excluding hydrogens is 379 g/mol. The van der Waals surface area contributed by atoms with Crippen molar-refractivity contribution < 1.29 is 9.13 Å². The van der Waals surface area contributed by atoms with Crippen LogP contribution in [0.25, 0.3) is 5.69 Å². The van der Waals surface area contributed by atoms with Gasteiger partial charge >= 0.3 is 0 Å². The fourth-order valence-corrected chi connectivity index (χ4v) is 3.47. The van der Waals surface area contributed by atoms with Gasteiger partial charge in [-0.25, -0.2) is 9.07 Å². The van der Waals surface area contributed by atoms with Gasteiger partial charge in [0.15, 0.2) is 0 Å². The van der Waals surface area contributed by atoms with E-state index in [4.69, 9.17) is 17.0 Å². The van der Waals surface area contributed by atoms with Crippen molar-refractivity contribution in [1.82, 2.24) is 24.7 Å². The van der Waals surface area contributed by atoms with Crippen LogP contribution in [0.5, 0.6) is 5.75 Å². The van der Waals surface area contributed by atoms with Crippen molar-refractivity contribution >= 4 is 17.9 Å². The summed E-state index contributed by atoms with van der Waals surface area (Å²) >= 11 is 5.55. The highest BCUT2D eigenvalue weighted by molar-refractivity contribution is 7.71. The number of tetrazole rings is 1. The third-order valence-corrected chi connectivity index (χ3v) is 5.24. The molecule has 1 saturated heterocycles. The number of ether oxygens (including phenoxy) is 1. The Kier molecular flexibility index (Phi) is 5.36. The summed E-state index contributed by atoms with van der Waals surface area (Å²) in [6.45, 7) is 4.06. The molecule has 0 N–H and O–H groups in total. The molecular formula is C19H21FN6OS. The number of aromatic nitrogens is 4. The van der Waals surface area contributed by atoms with Gasteiger partial charge in [-0.05, 0) is 71.2 Å². The highest BCUT2D eigenvalue weighted by Crippen LogP contribution is 2.18. The average Bonchev–Trinajstić information content (AvgIpc) is 3.09. The minimum absolute atomic E-state index is 0.211. The summed E-state index contributed by atoms with van der Waals surface area (Å²) in [6.07, 6.45) is 0. The number of hydrogen-bond acceptors (Lipinski definition) is 6. The van der Waals surface area contributed by atoms with Gasteiger partial charge in [0, 0.05) is 31.9 Å². The standard InChI is InChI=1S/C19H21FN6OS/c1-27-18-8-6-17(7-9-18)26-19(28)25(21-22-26)14-23-10-12-24(13-11-23)16-4-2-15(20)3-5-16/h2-9H,10-14H2,1H3. The van der Waals surface area contributed by atoms with E-state index < -0.39 is 0 Å². The molecule has 0 aliphatic carbocycles. The second-order valence-electron chi connectivity index (χ2n) is 6.59. The molecule has 0 amide bonds. The zero-order valence-corrected chi connectivity index (χ0v) is 16.3. The van der Waals surface area contributed by atoms with Crippen molar-refractivity contribution in [1.29, 1.82) is 0 Å². The molecule has 0 saturated carbocycles. The predicted molar refractivity (Wildman–Crippen MR) is 107 cm³/mol. The van der Waals surface area contributed by atoms with Crippen LogP contribution in [0.1, 0.15) is 0 Å². The molecule has 1 aromatic heterocycles. The lowest BCUT2D eigenvalue weighted by Gasteiger charge is -2.35. The Hall–Kier alpha value is -2.78. The summed E-state index contributed by atoms with van der Waals surface area (Å²) < 4.78 is 22.2. The number of methoxy groups -OCH3 is 1. The van der Waals surface area contributed by atoms with Crippen LogP contribution in [-0.4, -0.2) is 58.0 Å². The molecule has 7 nitrogen and oxygen atoms in total. The highest BCUT2D eigenvalue weighted by Gasteiger charge is 2.18. The third-order valence-electron chi connectivity index (χ3n) is 4.85. The van der Waals surface area contributed by atoms with E-state index in [1.165, 1.54) is 12.1 Å². The van der Waals surface area contributed by atoms with Crippen LogP contribution in [0.4, 0.5) is 10.1 Å². The Bertz CT molecular complexity index is 977. The summed E-state index contributed by atoms with van der Waals surface area (Å²) in [7, 11) is 1.63. The zero-order valence-electron chi connectivity index (χ0n) is 15.5. The number of anilines is 1. The smallest absolute Gasteiger partial charge is 0.221 e. The first-order valence-electron chi connectivity index (χ1n) is 9.04. The van der Waals surface area contributed by atoms with Gasteiger partial charge in [-0.15, -0.1) is 0 Å². The van der Waals surface area contributed by atoms with Gasteiger partial charge in [-0.2, -0.15) is 4.68 Å². The van der Waals surface area contributed by atoms with E-state index >= 15 is 0 Å². The number of hydrogen-bond donors (Lipinski definition) is 0. The maximum absolute atomic E-state index is 13.1. The van der Waals surface area contributed by atoms with Crippen molar-refractivity contribution in [2.24, 2.45) is 0 Å². The fraction of sp³-hybridized carbons (Fsp3) is 0.316. The Morgan fingerprint density at radius 2 is 1.57 bits per heavy atom. The molecule has 0 unspecified atom stereocenters. The van der Waals surface area contributed by atoms with E-state index in [0.29, 0.717) is 11.4 Å². The summed E-state index contributed by atoms with van der Waals surface area (Å²) in [5.74, 6) is 0.568. The number of halogens is 1. The normalized spacial score (nSPS) is 15.0. The molecule has 2 heterocycles. The molecule has 4 rings (SSSR count). The molecule has 0 bridgehead atoms. The second-order valence-corrected chi connectivity index (χ2v) is 6.96. The van der Waals surface area contributed by atoms with Gasteiger partial charge in [-0.3, -0.25) is 4.90 Å². The van der Waals surface area contributed by atoms with E-state index in [1.807, 2.05) is 36.4 Å². The molecule has 1 fully saturated rings. The Labute approximate surface area is 167 Å². The van der Waals surface area contributed by atoms with Gasteiger partial charge in [0.05, 0.1) is 19.5 Å². The molecule has 2 aromatic carbocycles. The lowest BCUT2D eigenvalue weighted by Crippen LogP contribution is -2.47. The molecule has 0 spiro atoms. The molecule has 0 atom stereocenters. The van der Waals surface area contributed by atoms with Crippen LogP contribution in [0.15, 0.2) is 48.5 Å². The Balaban J connectivity index is 1.39. The lowest BCUT2D eigenvalue weighted by atomic mass is 10.2. The van der Waals surface area contributed by atoms with E-state index in [0.717, 1.165) is 43.3 Å². The van der Waals surface area contributed by atoms with Crippen molar-refractivity contribution in [2.45, 2.75) is 6.67 Å². The minimum atomic E-state index is -0.211. The van der Waals surface area contributed by atoms with Crippen molar-refractivity contribution in [2.75, 3.05) is 38.2 Å². The van der Waals surface area contributed by atoms with E-state index in [9.17, 15) is 4.39 Å². The summed E-state index contributed by atoms with van der Waals surface area (Å²) in [5, 5.41) is 8.40. The molecule has 28 heavy (non-hydrogen) atoms. The number of piperazine rings is 1. The SMILES string of the molecule is COc1ccc(-n2nnn(CN3CCN(c4ccc(F)cc4)CC3)c2=S)cc1. The van der Waals surface area contributed by atoms with Crippen molar-refractivity contribution in [3.8, 4) is 11.4 Å². The first kappa shape index (κ1) is 18.6. The van der Waals surface area contributed by atoms with Crippen LogP contribution < -0.4 is 9.64 Å². The second kappa shape index (κ2) is 8.07. The summed E-state index contributed by atoms with van der Waals surface area (Å²) in [5.41, 5.74) is 1.89. The molecule has 0 radical (unpaired) electrons. The molecule has 3 aromatic rings. The first-order valence-corrected chi connectivity index (χ1v) is 9.45. The monoisotopic (exact) mass is 400 g/mol. The van der Waals surface area contributed by atoms with Gasteiger partial charge in [-0.1, -0.05) is 0 Å². The summed E-state index contributed by atoms with van der Waals surface area (Å²) in [6, 6.07) is 14.2. The van der Waals surface area contributed by atoms with E-state index in [1.54, 1.807) is 16.5 Å².